The summed E-state index contributed by atoms with van der Waals surface area (Å²) in [6.45, 7) is 7.48. The van der Waals surface area contributed by atoms with Gasteiger partial charge in [0, 0.05) is 43.4 Å². The maximum atomic E-state index is 12.7. The van der Waals surface area contributed by atoms with E-state index in [2.05, 4.69) is 46.0 Å². The maximum Gasteiger partial charge on any atom is 0.312 e. The van der Waals surface area contributed by atoms with Crippen molar-refractivity contribution in [2.45, 2.75) is 174 Å². The molecule has 2 amide bonds. The van der Waals surface area contributed by atoms with Gasteiger partial charge < -0.3 is 15.4 Å². The van der Waals surface area contributed by atoms with Crippen LogP contribution in [0.25, 0.3) is 0 Å². The van der Waals surface area contributed by atoms with E-state index >= 15 is 0 Å². The lowest BCUT2D eigenvalue weighted by atomic mass is 9.86. The van der Waals surface area contributed by atoms with Crippen molar-refractivity contribution < 1.29 is 19.1 Å². The summed E-state index contributed by atoms with van der Waals surface area (Å²) in [4.78, 5) is 40.6. The highest BCUT2D eigenvalue weighted by molar-refractivity contribution is 7.09. The van der Waals surface area contributed by atoms with E-state index in [-0.39, 0.29) is 24.2 Å². The molecule has 0 saturated heterocycles. The molecule has 1 aliphatic carbocycles. The highest BCUT2D eigenvalue weighted by Gasteiger charge is 2.26. The van der Waals surface area contributed by atoms with Crippen LogP contribution in [0.5, 0.6) is 5.75 Å². The van der Waals surface area contributed by atoms with Crippen molar-refractivity contribution in [2.75, 3.05) is 26.2 Å². The monoisotopic (exact) mass is 738 g/mol. The Kier molecular flexibility index (Phi) is 23.4. The Labute approximate surface area is 320 Å². The zero-order valence-corrected chi connectivity index (χ0v) is 33.6. The van der Waals surface area contributed by atoms with Gasteiger partial charge in [0.15, 0.2) is 0 Å². The molecular weight excluding hydrogens is 667 g/mol. The molecule has 2 aromatic rings. The molecule has 0 fully saturated rings. The third-order valence-electron chi connectivity index (χ3n) is 10.5. The molecule has 0 spiro atoms. The first-order valence-corrected chi connectivity index (χ1v) is 22.0. The van der Waals surface area contributed by atoms with E-state index in [1.54, 1.807) is 0 Å². The van der Waals surface area contributed by atoms with Crippen LogP contribution in [0.15, 0.2) is 35.7 Å². The normalized spacial score (nSPS) is 13.9. The first kappa shape index (κ1) is 43.7. The average molecular weight is 738 g/mol. The summed E-state index contributed by atoms with van der Waals surface area (Å²) < 4.78 is 5.83. The van der Waals surface area contributed by atoms with E-state index in [9.17, 15) is 14.4 Å². The zero-order valence-electron chi connectivity index (χ0n) is 32.8. The van der Waals surface area contributed by atoms with Gasteiger partial charge in [-0.2, -0.15) is 0 Å². The van der Waals surface area contributed by atoms with E-state index < -0.39 is 0 Å². The highest BCUT2D eigenvalue weighted by Crippen LogP contribution is 2.32. The van der Waals surface area contributed by atoms with Crippen LogP contribution in [0.4, 0.5) is 0 Å². The van der Waals surface area contributed by atoms with Gasteiger partial charge in [-0.15, -0.1) is 11.3 Å². The number of thiophene rings is 1. The summed E-state index contributed by atoms with van der Waals surface area (Å²) >= 11 is 1.84. The zero-order chi connectivity index (χ0) is 37.1. The molecule has 1 atom stereocenters. The molecule has 2 N–H and O–H groups in total. The average Bonchev–Trinajstić information content (AvgIpc) is 3.67. The second-order valence-corrected chi connectivity index (χ2v) is 15.9. The molecule has 0 aliphatic heterocycles. The minimum atomic E-state index is -0.281. The van der Waals surface area contributed by atoms with Crippen LogP contribution in [0.3, 0.4) is 0 Å². The van der Waals surface area contributed by atoms with Crippen LogP contribution in [0.2, 0.25) is 0 Å². The maximum absolute atomic E-state index is 12.7. The smallest absolute Gasteiger partial charge is 0.312 e. The van der Waals surface area contributed by atoms with Crippen LogP contribution in [-0.2, 0) is 33.6 Å². The summed E-state index contributed by atoms with van der Waals surface area (Å²) in [5.41, 5.74) is 2.47. The first-order chi connectivity index (χ1) is 25.5. The molecule has 8 heteroatoms. The minimum absolute atomic E-state index is 0.0306. The van der Waals surface area contributed by atoms with Crippen molar-refractivity contribution in [3.63, 3.8) is 0 Å². The van der Waals surface area contributed by atoms with Crippen LogP contribution in [0, 0.1) is 0 Å². The molecule has 1 heterocycles. The quantitative estimate of drug-likeness (QED) is 0.0474. The van der Waals surface area contributed by atoms with E-state index in [1.165, 1.54) is 99.5 Å². The molecule has 1 aromatic heterocycles. The molecule has 52 heavy (non-hydrogen) atoms. The van der Waals surface area contributed by atoms with Crippen molar-refractivity contribution in [3.8, 4) is 5.75 Å². The molecule has 0 saturated carbocycles. The highest BCUT2D eigenvalue weighted by atomic mass is 32.1. The van der Waals surface area contributed by atoms with Gasteiger partial charge in [0.1, 0.15) is 5.75 Å². The van der Waals surface area contributed by atoms with Crippen LogP contribution < -0.4 is 15.4 Å². The van der Waals surface area contributed by atoms with Gasteiger partial charge >= 0.3 is 5.97 Å². The number of fused-ring (bicyclic) bond motifs is 1. The lowest BCUT2D eigenvalue weighted by molar-refractivity contribution is -0.134. The van der Waals surface area contributed by atoms with Gasteiger partial charge in [0.2, 0.25) is 11.8 Å². The van der Waals surface area contributed by atoms with Gasteiger partial charge in [-0.3, -0.25) is 19.3 Å². The second-order valence-electron chi connectivity index (χ2n) is 14.8. The van der Waals surface area contributed by atoms with E-state index in [0.29, 0.717) is 31.2 Å². The Hall–Kier alpha value is -2.71. The molecule has 0 unspecified atom stereocenters. The van der Waals surface area contributed by atoms with E-state index in [4.69, 9.17) is 4.74 Å². The Bertz CT molecular complexity index is 1250. The third kappa shape index (κ3) is 18.9. The fourth-order valence-electron chi connectivity index (χ4n) is 7.53. The number of nitrogens with one attached hydrogen (secondary N) is 2. The lowest BCUT2D eigenvalue weighted by Gasteiger charge is -2.35. The van der Waals surface area contributed by atoms with Crippen LogP contribution in [0.1, 0.15) is 165 Å². The number of carbonyl (C=O) groups is 3. The molecule has 7 nitrogen and oxygen atoms in total. The number of rotatable bonds is 30. The van der Waals surface area contributed by atoms with Crippen molar-refractivity contribution in [1.82, 2.24) is 15.5 Å². The predicted octanol–water partition coefficient (Wildman–Crippen LogP) is 10.1. The van der Waals surface area contributed by atoms with Crippen LogP contribution >= 0.6 is 11.3 Å². The standard InChI is InChI=1S/C44H71N3O4S/c1-3-33-47(34-31-39-24-22-35-52-39)38-28-29-40-37(36-38)23-21-25-41(40)51-44(50)30-32-46-43(49)27-20-18-16-14-12-10-8-6-5-7-9-11-13-15-17-19-26-42(48)45-4-2/h21-25,35,38H,3-20,26-34,36H2,1-2H3,(H,45,48)(H,46,49)/t38-/m1/s1. The van der Waals surface area contributed by atoms with Gasteiger partial charge in [0.05, 0.1) is 6.42 Å². The van der Waals surface area contributed by atoms with Gasteiger partial charge in [-0.05, 0) is 87.1 Å². The number of esters is 1. The molecule has 0 bridgehead atoms. The van der Waals surface area contributed by atoms with Gasteiger partial charge in [-0.25, -0.2) is 0 Å². The van der Waals surface area contributed by atoms with Crippen molar-refractivity contribution in [2.24, 2.45) is 0 Å². The Morgan fingerprint density at radius 1 is 0.731 bits per heavy atom. The fourth-order valence-corrected chi connectivity index (χ4v) is 8.23. The number of amides is 2. The van der Waals surface area contributed by atoms with Gasteiger partial charge in [-0.1, -0.05) is 115 Å². The fraction of sp³-hybridized carbons (Fsp3) is 0.705. The Morgan fingerprint density at radius 2 is 1.33 bits per heavy atom. The summed E-state index contributed by atoms with van der Waals surface area (Å²) in [7, 11) is 0. The number of unbranched alkanes of at least 4 members (excludes halogenated alkanes) is 15. The molecule has 292 valence electrons. The predicted molar refractivity (Wildman–Crippen MR) is 217 cm³/mol. The third-order valence-corrected chi connectivity index (χ3v) is 11.4. The second kappa shape index (κ2) is 27.8. The summed E-state index contributed by atoms with van der Waals surface area (Å²) in [5, 5.41) is 7.94. The molecule has 1 aromatic carbocycles. The summed E-state index contributed by atoms with van der Waals surface area (Å²) in [6.07, 6.45) is 26.5. The largest absolute Gasteiger partial charge is 0.426 e. The summed E-state index contributed by atoms with van der Waals surface area (Å²) in [6, 6.07) is 11.0. The van der Waals surface area contributed by atoms with Gasteiger partial charge in [0.25, 0.3) is 0 Å². The molecule has 0 radical (unpaired) electrons. The van der Waals surface area contributed by atoms with Crippen LogP contribution in [-0.4, -0.2) is 54.9 Å². The summed E-state index contributed by atoms with van der Waals surface area (Å²) in [5.74, 6) is 0.638. The van der Waals surface area contributed by atoms with Crippen molar-refractivity contribution in [1.29, 1.82) is 0 Å². The van der Waals surface area contributed by atoms with E-state index in [1.807, 2.05) is 30.4 Å². The molecule has 1 aliphatic rings. The lowest BCUT2D eigenvalue weighted by Crippen LogP contribution is -2.41. The first-order valence-electron chi connectivity index (χ1n) is 21.1. The number of ether oxygens (including phenoxy) is 1. The SMILES string of the molecule is CCCN(CCc1cccs1)[C@@H]1CCc2c(cccc2OC(=O)CCNC(=O)CCCCCCCCCCCCCCCCCCC(=O)NCC)C1. The minimum Gasteiger partial charge on any atom is -0.426 e. The number of benzene rings is 1. The Balaban J connectivity index is 1.14. The number of hydrogen-bond donors (Lipinski definition) is 2. The van der Waals surface area contributed by atoms with E-state index in [0.717, 1.165) is 71.0 Å². The Morgan fingerprint density at radius 3 is 1.88 bits per heavy atom. The molecular formula is C44H71N3O4S. The van der Waals surface area contributed by atoms with Crippen molar-refractivity contribution in [3.05, 3.63) is 51.7 Å². The van der Waals surface area contributed by atoms with Crippen molar-refractivity contribution >= 4 is 29.1 Å². The number of hydrogen-bond acceptors (Lipinski definition) is 6. The number of nitrogens with zero attached hydrogens (tertiary/aromatic N) is 1. The number of carbonyl (C=O) groups excluding carboxylic acids is 3. The molecule has 3 rings (SSSR count). The topological polar surface area (TPSA) is 87.7 Å².